The van der Waals surface area contributed by atoms with Crippen molar-refractivity contribution >= 4 is 62.5 Å². The number of rotatable bonds is 24. The van der Waals surface area contributed by atoms with Gasteiger partial charge in [-0.2, -0.15) is 0 Å². The van der Waals surface area contributed by atoms with Crippen molar-refractivity contribution in [1.29, 1.82) is 0 Å². The van der Waals surface area contributed by atoms with Gasteiger partial charge in [0.1, 0.15) is 66.5 Å². The molecule has 6 aromatic rings. The predicted molar refractivity (Wildman–Crippen MR) is 263 cm³/mol. The first kappa shape index (κ1) is 48.2. The van der Waals surface area contributed by atoms with Crippen LogP contribution in [0.25, 0.3) is 27.6 Å². The maximum atomic E-state index is 9.29. The van der Waals surface area contributed by atoms with Crippen LogP contribution < -0.4 is 29.8 Å². The minimum absolute atomic E-state index is 0.0835. The fourth-order valence-corrected chi connectivity index (χ4v) is 8.41. The van der Waals surface area contributed by atoms with Crippen LogP contribution in [0.2, 0.25) is 0 Å². The van der Waals surface area contributed by atoms with Gasteiger partial charge in [-0.15, -0.1) is 0 Å². The smallest absolute Gasteiger partial charge is 0.168 e. The maximum Gasteiger partial charge on any atom is 0.168 e. The van der Waals surface area contributed by atoms with E-state index in [4.69, 9.17) is 62.9 Å². The third-order valence-electron chi connectivity index (χ3n) is 11.3. The first-order valence-electron chi connectivity index (χ1n) is 23.3. The van der Waals surface area contributed by atoms with Gasteiger partial charge in [-0.05, 0) is 37.1 Å². The Morgan fingerprint density at radius 1 is 0.429 bits per heavy atom. The molecule has 0 radical (unpaired) electrons. The highest BCUT2D eigenvalue weighted by molar-refractivity contribution is 6.26. The van der Waals surface area contributed by atoms with Crippen molar-refractivity contribution in [2.75, 3.05) is 106 Å². The van der Waals surface area contributed by atoms with Crippen LogP contribution in [0.15, 0.2) is 97.8 Å². The van der Waals surface area contributed by atoms with Crippen molar-refractivity contribution in [3.05, 3.63) is 106 Å². The van der Waals surface area contributed by atoms with Gasteiger partial charge >= 0.3 is 0 Å². The zero-order chi connectivity index (χ0) is 48.1. The average molecular weight is 958 g/mol. The number of hydrogen-bond acceptors (Lipinski definition) is 17. The Morgan fingerprint density at radius 3 is 1.54 bits per heavy atom. The van der Waals surface area contributed by atoms with Gasteiger partial charge in [0.2, 0.25) is 0 Å². The lowest BCUT2D eigenvalue weighted by Crippen LogP contribution is -2.14. The summed E-state index contributed by atoms with van der Waals surface area (Å²) in [6.07, 6.45) is 3.19. The quantitative estimate of drug-likeness (QED) is 0.0475. The number of fused-ring (bicyclic) bond motifs is 18. The fraction of sp³-hybridized carbons (Fsp3) is 0.353. The molecule has 0 spiro atoms. The number of H-pyrrole nitrogens is 2. The summed E-state index contributed by atoms with van der Waals surface area (Å²) in [6, 6.07) is 22.9. The molecule has 5 heterocycles. The summed E-state index contributed by atoms with van der Waals surface area (Å²) in [5.41, 5.74) is 4.16. The van der Waals surface area contributed by atoms with Gasteiger partial charge in [0.25, 0.3) is 0 Å². The molecule has 19 heteroatoms. The fourth-order valence-electron chi connectivity index (χ4n) is 8.41. The molecular weight excluding hydrogens is 903 g/mol. The standard InChI is InChI=1S/C51H55N7O12/c59-16-20-63-24-28-67-38-12-2-7-33-42(38)37-11-5-10-36-32-6-1-13-39(68-29-25-64-21-17-60)43(32)49(52-36)55-47-34-8-3-15-41(70-31-27-66-23-19-62)45(34)51(56-47)58-48-35-9-4-14-40(69-30-26-65-22-18-61)44(35)50(57-48)54-46(33)53-37/h1-4,6-10,12-15,57,59-62H,5,11,16-31H2,(H,52,55,56,58)/b36-10+,54-46-. The summed E-state index contributed by atoms with van der Waals surface area (Å²) >= 11 is 0. The molecule has 19 nitrogen and oxygen atoms in total. The summed E-state index contributed by atoms with van der Waals surface area (Å²) in [7, 11) is 0. The Morgan fingerprint density at radius 2 is 0.929 bits per heavy atom. The van der Waals surface area contributed by atoms with E-state index in [0.29, 0.717) is 92.4 Å². The third kappa shape index (κ3) is 10.8. The minimum atomic E-state index is -0.104. The average Bonchev–Trinajstić information content (AvgIpc) is 4.13. The number of nitrogens with one attached hydrogen (secondary N) is 2. The zero-order valence-corrected chi connectivity index (χ0v) is 38.5. The molecule has 0 aliphatic carbocycles. The third-order valence-corrected chi connectivity index (χ3v) is 11.3. The van der Waals surface area contributed by atoms with Gasteiger partial charge in [-0.25, -0.2) is 25.0 Å². The molecule has 9 rings (SSSR count). The summed E-state index contributed by atoms with van der Waals surface area (Å²) in [5, 5.41) is 40.9. The molecule has 70 heavy (non-hydrogen) atoms. The largest absolute Gasteiger partial charge is 0.490 e. The van der Waals surface area contributed by atoms with Crippen molar-refractivity contribution in [3.63, 3.8) is 0 Å². The Bertz CT molecular complexity index is 3050. The molecule has 0 atom stereocenters. The predicted octanol–water partition coefficient (Wildman–Crippen LogP) is 3.81. The number of hydrogen-bond donors (Lipinski definition) is 6. The van der Waals surface area contributed by atoms with Gasteiger partial charge in [-0.3, -0.25) is 0 Å². The summed E-state index contributed by atoms with van der Waals surface area (Å²) in [5.74, 6) is 4.29. The molecule has 8 bridgehead atoms. The van der Waals surface area contributed by atoms with Crippen molar-refractivity contribution in [3.8, 4) is 23.0 Å². The molecule has 4 aromatic carbocycles. The van der Waals surface area contributed by atoms with Crippen LogP contribution in [0.5, 0.6) is 23.0 Å². The molecular formula is C51H55N7O12. The Kier molecular flexibility index (Phi) is 16.3. The van der Waals surface area contributed by atoms with Crippen LogP contribution in [0, 0.1) is 0 Å². The van der Waals surface area contributed by atoms with Crippen molar-refractivity contribution in [1.82, 2.24) is 9.97 Å². The number of benzene rings is 4. The van der Waals surface area contributed by atoms with Gasteiger partial charge in [-0.1, -0.05) is 54.6 Å². The summed E-state index contributed by atoms with van der Waals surface area (Å²) in [6.45, 7) is 2.37. The molecule has 2 aromatic heterocycles. The van der Waals surface area contributed by atoms with Gasteiger partial charge in [0.05, 0.1) is 101 Å². The molecule has 0 saturated heterocycles. The summed E-state index contributed by atoms with van der Waals surface area (Å²) < 4.78 is 47.4. The van der Waals surface area contributed by atoms with Gasteiger partial charge in [0.15, 0.2) is 17.5 Å². The van der Waals surface area contributed by atoms with Crippen LogP contribution in [-0.4, -0.2) is 159 Å². The van der Waals surface area contributed by atoms with Crippen molar-refractivity contribution in [2.24, 2.45) is 25.0 Å². The second kappa shape index (κ2) is 23.7. The van der Waals surface area contributed by atoms with E-state index >= 15 is 0 Å². The van der Waals surface area contributed by atoms with Crippen LogP contribution in [-0.2, 0) is 18.9 Å². The molecule has 3 aliphatic heterocycles. The van der Waals surface area contributed by atoms with Crippen LogP contribution in [0.4, 0.5) is 11.6 Å². The SMILES string of the molecule is OCCOCCOc1cccc2c1C1=Nc3[nH]c(c4c(OCCOCCO)cccc34)/N=C3\N=C(CC/C=c4/[nH]c(c5c(OCCOCCO)cccc45)=NC2=N1)c1c(OCCOCCO)cccc13. The number of amidine groups is 3. The topological polar surface area (TPSA) is 248 Å². The molecule has 0 unspecified atom stereocenters. The first-order chi connectivity index (χ1) is 34.6. The van der Waals surface area contributed by atoms with Gasteiger partial charge < -0.3 is 68.3 Å². The van der Waals surface area contributed by atoms with E-state index in [-0.39, 0.29) is 106 Å². The van der Waals surface area contributed by atoms with Crippen LogP contribution >= 0.6 is 0 Å². The molecule has 0 amide bonds. The van der Waals surface area contributed by atoms with Gasteiger partial charge in [0, 0.05) is 32.8 Å². The highest BCUT2D eigenvalue weighted by Crippen LogP contribution is 2.43. The lowest BCUT2D eigenvalue weighted by atomic mass is 10.0. The second-order valence-electron chi connectivity index (χ2n) is 15.9. The Hall–Kier alpha value is -6.81. The van der Waals surface area contributed by atoms with Crippen molar-refractivity contribution < 1.29 is 58.3 Å². The molecule has 0 fully saturated rings. The highest BCUT2D eigenvalue weighted by Gasteiger charge is 2.29. The van der Waals surface area contributed by atoms with E-state index in [1.165, 1.54) is 0 Å². The van der Waals surface area contributed by atoms with E-state index in [1.54, 1.807) is 0 Å². The molecule has 3 aliphatic rings. The maximum absolute atomic E-state index is 9.29. The number of aromatic nitrogens is 2. The van der Waals surface area contributed by atoms with Crippen LogP contribution in [0.3, 0.4) is 0 Å². The zero-order valence-electron chi connectivity index (χ0n) is 38.5. The molecule has 6 N–H and O–H groups in total. The number of ether oxygens (including phenoxy) is 8. The first-order valence-corrected chi connectivity index (χ1v) is 23.3. The number of aromatic amines is 2. The second-order valence-corrected chi connectivity index (χ2v) is 15.9. The number of nitrogens with zero attached hydrogens (tertiary/aromatic N) is 5. The van der Waals surface area contributed by atoms with E-state index < -0.39 is 0 Å². The van der Waals surface area contributed by atoms with Crippen LogP contribution in [0.1, 0.15) is 35.1 Å². The Labute approximate surface area is 402 Å². The van der Waals surface area contributed by atoms with E-state index in [9.17, 15) is 20.4 Å². The number of aliphatic hydroxyl groups is 4. The normalized spacial score (nSPS) is 15.1. The number of aliphatic imine (C=N–C) groups is 4. The minimum Gasteiger partial charge on any atom is -0.490 e. The lowest BCUT2D eigenvalue weighted by Gasteiger charge is -2.12. The summed E-state index contributed by atoms with van der Waals surface area (Å²) in [4.78, 5) is 33.1. The van der Waals surface area contributed by atoms with E-state index in [2.05, 4.69) is 16.0 Å². The molecule has 0 saturated carbocycles. The lowest BCUT2D eigenvalue weighted by molar-refractivity contribution is 0.0705. The molecule has 366 valence electrons. The highest BCUT2D eigenvalue weighted by atomic mass is 16.5. The Balaban J connectivity index is 1.25. The number of aliphatic hydroxyl groups excluding tert-OH is 4. The van der Waals surface area contributed by atoms with E-state index in [0.717, 1.165) is 33.0 Å². The van der Waals surface area contributed by atoms with Crippen molar-refractivity contribution in [2.45, 2.75) is 12.8 Å². The monoisotopic (exact) mass is 957 g/mol. The van der Waals surface area contributed by atoms with E-state index in [1.807, 2.05) is 72.8 Å².